The minimum atomic E-state index is -0.869. The van der Waals surface area contributed by atoms with E-state index in [-0.39, 0.29) is 24.8 Å². The molecule has 8 heteroatoms. The number of nitrogens with zero attached hydrogens (tertiary/aromatic N) is 1. The lowest BCUT2D eigenvalue weighted by Gasteiger charge is -2.21. The lowest BCUT2D eigenvalue weighted by Crippen LogP contribution is -2.47. The third-order valence-corrected chi connectivity index (χ3v) is 3.94. The predicted molar refractivity (Wildman–Crippen MR) is 93.0 cm³/mol. The molecule has 4 amide bonds. The molecule has 2 N–H and O–H groups in total. The van der Waals surface area contributed by atoms with Crippen molar-refractivity contribution < 1.29 is 23.9 Å². The highest BCUT2D eigenvalue weighted by atomic mass is 16.5. The molecule has 0 radical (unpaired) electrons. The summed E-state index contributed by atoms with van der Waals surface area (Å²) in [6.45, 7) is 3.62. The van der Waals surface area contributed by atoms with Crippen molar-refractivity contribution in [3.05, 3.63) is 35.9 Å². The molecule has 1 heterocycles. The fraction of sp³-hybridized carbons (Fsp3) is 0.444. The second-order valence-electron chi connectivity index (χ2n) is 6.34. The van der Waals surface area contributed by atoms with Crippen LogP contribution < -0.4 is 10.6 Å². The van der Waals surface area contributed by atoms with Crippen molar-refractivity contribution in [3.63, 3.8) is 0 Å². The number of urea groups is 1. The Morgan fingerprint density at radius 3 is 2.50 bits per heavy atom. The van der Waals surface area contributed by atoms with Gasteiger partial charge in [-0.2, -0.15) is 0 Å². The Hall–Kier alpha value is -2.90. The normalized spacial score (nSPS) is 14.7. The highest BCUT2D eigenvalue weighted by Gasteiger charge is 2.30. The minimum absolute atomic E-state index is 0.143. The number of carbonyl (C=O) groups excluding carboxylic acids is 4. The van der Waals surface area contributed by atoms with Crippen molar-refractivity contribution in [1.82, 2.24) is 15.5 Å². The Bertz CT molecular complexity index is 675. The topological polar surface area (TPSA) is 105 Å². The van der Waals surface area contributed by atoms with E-state index >= 15 is 0 Å². The molecule has 1 aliphatic rings. The summed E-state index contributed by atoms with van der Waals surface area (Å²) in [7, 11) is 0. The van der Waals surface area contributed by atoms with Crippen molar-refractivity contribution in [2.75, 3.05) is 19.7 Å². The van der Waals surface area contributed by atoms with Gasteiger partial charge in [0.1, 0.15) is 6.04 Å². The van der Waals surface area contributed by atoms with Crippen molar-refractivity contribution in [3.8, 4) is 0 Å². The largest absolute Gasteiger partial charge is 0.454 e. The van der Waals surface area contributed by atoms with E-state index in [4.69, 9.17) is 4.74 Å². The summed E-state index contributed by atoms with van der Waals surface area (Å²) in [6.07, 6.45) is 0.143. The maximum Gasteiger partial charge on any atom is 0.329 e. The van der Waals surface area contributed by atoms with E-state index in [9.17, 15) is 19.2 Å². The van der Waals surface area contributed by atoms with Crippen molar-refractivity contribution in [2.45, 2.75) is 26.3 Å². The first-order chi connectivity index (χ1) is 12.4. The van der Waals surface area contributed by atoms with E-state index in [0.29, 0.717) is 6.54 Å². The summed E-state index contributed by atoms with van der Waals surface area (Å²) < 4.78 is 5.01. The Morgan fingerprint density at radius 1 is 1.23 bits per heavy atom. The predicted octanol–water partition coefficient (Wildman–Crippen LogP) is 0.465. The van der Waals surface area contributed by atoms with Gasteiger partial charge in [-0.25, -0.2) is 9.59 Å². The van der Waals surface area contributed by atoms with Gasteiger partial charge in [-0.15, -0.1) is 0 Å². The second-order valence-corrected chi connectivity index (χ2v) is 6.34. The molecule has 0 spiro atoms. The first kappa shape index (κ1) is 19.4. The second kappa shape index (κ2) is 8.98. The average Bonchev–Trinajstić information content (AvgIpc) is 3.04. The number of hydrogen-bond acceptors (Lipinski definition) is 5. The molecule has 0 aromatic heterocycles. The number of ether oxygens (including phenoxy) is 1. The zero-order valence-electron chi connectivity index (χ0n) is 14.9. The summed E-state index contributed by atoms with van der Waals surface area (Å²) in [6, 6.07) is 7.79. The van der Waals surface area contributed by atoms with Crippen LogP contribution in [0.4, 0.5) is 4.79 Å². The smallest absolute Gasteiger partial charge is 0.329 e. The van der Waals surface area contributed by atoms with Gasteiger partial charge in [-0.05, 0) is 11.5 Å². The van der Waals surface area contributed by atoms with Gasteiger partial charge in [0.25, 0.3) is 5.91 Å². The van der Waals surface area contributed by atoms with Gasteiger partial charge >= 0.3 is 12.0 Å². The Kier molecular flexibility index (Phi) is 6.71. The van der Waals surface area contributed by atoms with Crippen LogP contribution in [0.5, 0.6) is 0 Å². The van der Waals surface area contributed by atoms with Gasteiger partial charge in [0.15, 0.2) is 6.61 Å². The molecule has 1 fully saturated rings. The maximum atomic E-state index is 12.3. The van der Waals surface area contributed by atoms with Crippen LogP contribution in [0.3, 0.4) is 0 Å². The van der Waals surface area contributed by atoms with Gasteiger partial charge in [-0.3, -0.25) is 14.5 Å². The molecular weight excluding hydrogens is 338 g/mol. The number of benzene rings is 1. The van der Waals surface area contributed by atoms with E-state index in [2.05, 4.69) is 10.6 Å². The molecule has 140 valence electrons. The molecule has 1 aliphatic heterocycles. The van der Waals surface area contributed by atoms with Crippen molar-refractivity contribution in [2.24, 2.45) is 5.92 Å². The van der Waals surface area contributed by atoms with Crippen LogP contribution in [-0.2, 0) is 25.5 Å². The Morgan fingerprint density at radius 2 is 1.92 bits per heavy atom. The lowest BCUT2D eigenvalue weighted by molar-refractivity contribution is -0.154. The lowest BCUT2D eigenvalue weighted by atomic mass is 10.0. The number of nitrogens with one attached hydrogen (secondary N) is 2. The molecule has 1 aromatic carbocycles. The molecule has 0 unspecified atom stereocenters. The van der Waals surface area contributed by atoms with Gasteiger partial charge in [0.05, 0.1) is 6.42 Å². The zero-order valence-corrected chi connectivity index (χ0v) is 14.9. The van der Waals surface area contributed by atoms with E-state index in [1.807, 2.05) is 30.3 Å². The molecule has 26 heavy (non-hydrogen) atoms. The molecule has 8 nitrogen and oxygen atoms in total. The number of esters is 1. The average molecular weight is 361 g/mol. The molecule has 0 bridgehead atoms. The molecule has 0 aliphatic carbocycles. The van der Waals surface area contributed by atoms with Gasteiger partial charge < -0.3 is 15.4 Å². The monoisotopic (exact) mass is 361 g/mol. The summed E-state index contributed by atoms with van der Waals surface area (Å²) in [5.41, 5.74) is 0.830. The number of amides is 4. The summed E-state index contributed by atoms with van der Waals surface area (Å²) in [5, 5.41) is 5.15. The quantitative estimate of drug-likeness (QED) is 0.687. The maximum absolute atomic E-state index is 12.3. The number of carbonyl (C=O) groups is 4. The number of rotatable bonds is 7. The molecule has 0 saturated carbocycles. The fourth-order valence-electron chi connectivity index (χ4n) is 2.51. The highest BCUT2D eigenvalue weighted by Crippen LogP contribution is 2.07. The third-order valence-electron chi connectivity index (χ3n) is 3.94. The number of hydrogen-bond donors (Lipinski definition) is 2. The van der Waals surface area contributed by atoms with Crippen molar-refractivity contribution in [1.29, 1.82) is 0 Å². The molecular formula is C18H23N3O5. The van der Waals surface area contributed by atoms with E-state index in [1.54, 1.807) is 13.8 Å². The van der Waals surface area contributed by atoms with Crippen molar-refractivity contribution >= 4 is 23.8 Å². The van der Waals surface area contributed by atoms with Gasteiger partial charge in [0, 0.05) is 13.1 Å². The third kappa shape index (κ3) is 5.30. The van der Waals surface area contributed by atoms with E-state index in [0.717, 1.165) is 10.5 Å². The van der Waals surface area contributed by atoms with Crippen LogP contribution in [-0.4, -0.2) is 54.5 Å². The SMILES string of the molecule is CC(C)[C@H](NC(=O)Cc1ccccc1)C(=O)OCC(=O)N1CCNC1=O. The highest BCUT2D eigenvalue weighted by molar-refractivity contribution is 5.97. The standard InChI is InChI=1S/C18H23N3O5/c1-12(2)16(20-14(22)10-13-6-4-3-5-7-13)17(24)26-11-15(23)21-9-8-19-18(21)25/h3-7,12,16H,8-11H2,1-2H3,(H,19,25)(H,20,22)/t16-/m0/s1. The van der Waals surface area contributed by atoms with E-state index in [1.165, 1.54) is 0 Å². The number of imide groups is 1. The van der Waals surface area contributed by atoms with Crippen LogP contribution in [0.1, 0.15) is 19.4 Å². The van der Waals surface area contributed by atoms with Crippen LogP contribution >= 0.6 is 0 Å². The fourth-order valence-corrected chi connectivity index (χ4v) is 2.51. The van der Waals surface area contributed by atoms with Crippen LogP contribution in [0.25, 0.3) is 0 Å². The van der Waals surface area contributed by atoms with Crippen LogP contribution in [0.15, 0.2) is 30.3 Å². The van der Waals surface area contributed by atoms with Gasteiger partial charge in [0.2, 0.25) is 5.91 Å². The summed E-state index contributed by atoms with van der Waals surface area (Å²) in [5.74, 6) is -1.81. The van der Waals surface area contributed by atoms with Crippen LogP contribution in [0, 0.1) is 5.92 Å². The molecule has 1 aromatic rings. The zero-order chi connectivity index (χ0) is 19.1. The minimum Gasteiger partial charge on any atom is -0.454 e. The molecule has 1 atom stereocenters. The summed E-state index contributed by atoms with van der Waals surface area (Å²) >= 11 is 0. The molecule has 2 rings (SSSR count). The molecule has 1 saturated heterocycles. The Labute approximate surface area is 151 Å². The Balaban J connectivity index is 1.87. The van der Waals surface area contributed by atoms with E-state index < -0.39 is 30.6 Å². The van der Waals surface area contributed by atoms with Gasteiger partial charge in [-0.1, -0.05) is 44.2 Å². The summed E-state index contributed by atoms with van der Waals surface area (Å²) in [4.78, 5) is 48.8. The first-order valence-corrected chi connectivity index (χ1v) is 8.46. The van der Waals surface area contributed by atoms with Crippen LogP contribution in [0.2, 0.25) is 0 Å². The first-order valence-electron chi connectivity index (χ1n) is 8.46.